The van der Waals surface area contributed by atoms with Crippen LogP contribution in [0.4, 0.5) is 0 Å². The first-order valence-corrected chi connectivity index (χ1v) is 6.49. The average molecular weight is 266 g/mol. The summed E-state index contributed by atoms with van der Waals surface area (Å²) < 4.78 is 1.31. The van der Waals surface area contributed by atoms with Crippen molar-refractivity contribution in [1.29, 1.82) is 0 Å². The van der Waals surface area contributed by atoms with Gasteiger partial charge in [0.25, 0.3) is 0 Å². The Morgan fingerprint density at radius 1 is 1.07 bits per heavy atom. The number of aryl methyl sites for hydroxylation is 1. The standard InChI is InChI=1S/C13H17NSe/c1-11-5-7-12(8-6-11)13(15)14-9-3-2-4-10-14/h5-8H,2-4,9-10H2,1H3. The molecular weight excluding hydrogens is 249 g/mol. The molecule has 2 rings (SSSR count). The molecule has 1 heterocycles. The van der Waals surface area contributed by atoms with Gasteiger partial charge in [-0.15, -0.1) is 0 Å². The van der Waals surface area contributed by atoms with E-state index in [4.69, 9.17) is 0 Å². The van der Waals surface area contributed by atoms with Crippen molar-refractivity contribution in [3.63, 3.8) is 0 Å². The summed E-state index contributed by atoms with van der Waals surface area (Å²) in [6.45, 7) is 4.54. The molecular formula is C13H17NSe. The monoisotopic (exact) mass is 267 g/mol. The van der Waals surface area contributed by atoms with Crippen molar-refractivity contribution in [3.05, 3.63) is 35.4 Å². The molecule has 15 heavy (non-hydrogen) atoms. The number of rotatable bonds is 2. The fraction of sp³-hybridized carbons (Fsp3) is 0.462. The molecule has 0 unspecified atom stereocenters. The van der Waals surface area contributed by atoms with E-state index in [0.29, 0.717) is 0 Å². The van der Waals surface area contributed by atoms with E-state index >= 15 is 0 Å². The van der Waals surface area contributed by atoms with E-state index in [-0.39, 0.29) is 0 Å². The van der Waals surface area contributed by atoms with Crippen LogP contribution in [0.2, 0.25) is 0 Å². The third-order valence-corrected chi connectivity index (χ3v) is 3.98. The molecule has 1 aromatic rings. The van der Waals surface area contributed by atoms with Gasteiger partial charge in [-0.1, -0.05) is 0 Å². The second kappa shape index (κ2) is 4.96. The quantitative estimate of drug-likeness (QED) is 0.741. The van der Waals surface area contributed by atoms with E-state index in [9.17, 15) is 0 Å². The maximum absolute atomic E-state index is 3.23. The van der Waals surface area contributed by atoms with Crippen LogP contribution in [0.5, 0.6) is 0 Å². The Balaban J connectivity index is 2.09. The van der Waals surface area contributed by atoms with Crippen LogP contribution in [0, 0.1) is 6.92 Å². The topological polar surface area (TPSA) is 3.24 Å². The van der Waals surface area contributed by atoms with Gasteiger partial charge in [0.05, 0.1) is 0 Å². The van der Waals surface area contributed by atoms with Gasteiger partial charge in [-0.2, -0.15) is 0 Å². The van der Waals surface area contributed by atoms with Gasteiger partial charge in [0.15, 0.2) is 0 Å². The first kappa shape index (κ1) is 10.9. The van der Waals surface area contributed by atoms with E-state index in [1.807, 2.05) is 0 Å². The van der Waals surface area contributed by atoms with Gasteiger partial charge >= 0.3 is 99.7 Å². The molecule has 0 bridgehead atoms. The van der Waals surface area contributed by atoms with Crippen LogP contribution < -0.4 is 0 Å². The van der Waals surface area contributed by atoms with Gasteiger partial charge < -0.3 is 0 Å². The number of piperidine rings is 1. The van der Waals surface area contributed by atoms with Crippen LogP contribution in [0.1, 0.15) is 30.4 Å². The molecule has 0 N–H and O–H groups in total. The molecule has 0 spiro atoms. The van der Waals surface area contributed by atoms with Gasteiger partial charge in [0.2, 0.25) is 0 Å². The fourth-order valence-electron chi connectivity index (χ4n) is 1.98. The third-order valence-electron chi connectivity index (χ3n) is 2.94. The number of likely N-dealkylation sites (tertiary alicyclic amines) is 1. The molecule has 1 aliphatic rings. The summed E-state index contributed by atoms with van der Waals surface area (Å²) in [6, 6.07) is 8.76. The SMILES string of the molecule is Cc1ccc(C(=[Se])N2CCCCC2)cc1. The molecule has 0 aromatic heterocycles. The summed E-state index contributed by atoms with van der Waals surface area (Å²) in [4.78, 5) is 2.47. The van der Waals surface area contributed by atoms with Crippen LogP contribution in [-0.4, -0.2) is 38.1 Å². The number of nitrogens with zero attached hydrogens (tertiary/aromatic N) is 1. The third kappa shape index (κ3) is 2.70. The zero-order valence-corrected chi connectivity index (χ0v) is 10.9. The van der Waals surface area contributed by atoms with Crippen LogP contribution in [0.25, 0.3) is 0 Å². The zero-order valence-electron chi connectivity index (χ0n) is 9.20. The van der Waals surface area contributed by atoms with Crippen molar-refractivity contribution in [2.75, 3.05) is 13.1 Å². The molecule has 1 saturated heterocycles. The minimum atomic E-state index is 1.20. The number of benzene rings is 1. The Morgan fingerprint density at radius 3 is 2.27 bits per heavy atom. The van der Waals surface area contributed by atoms with Gasteiger partial charge in [-0.3, -0.25) is 0 Å². The summed E-state index contributed by atoms with van der Waals surface area (Å²) in [7, 11) is 0. The molecule has 80 valence electrons. The molecule has 1 aromatic carbocycles. The average Bonchev–Trinajstić information content (AvgIpc) is 2.30. The molecule has 0 aliphatic carbocycles. The normalized spacial score (nSPS) is 16.5. The predicted molar refractivity (Wildman–Crippen MR) is 66.5 cm³/mol. The Kier molecular flexibility index (Phi) is 3.61. The summed E-state index contributed by atoms with van der Waals surface area (Å²) in [5.74, 6) is 0. The molecule has 1 nitrogen and oxygen atoms in total. The van der Waals surface area contributed by atoms with Crippen molar-refractivity contribution in [1.82, 2.24) is 4.90 Å². The molecule has 2 heteroatoms. The molecule has 1 aliphatic heterocycles. The first-order chi connectivity index (χ1) is 7.27. The molecule has 0 saturated carbocycles. The summed E-state index contributed by atoms with van der Waals surface area (Å²) in [5, 5.41) is 0. The van der Waals surface area contributed by atoms with Crippen molar-refractivity contribution in [2.24, 2.45) is 0 Å². The van der Waals surface area contributed by atoms with Crippen LogP contribution in [-0.2, 0) is 0 Å². The summed E-state index contributed by atoms with van der Waals surface area (Å²) >= 11 is 3.23. The first-order valence-electron chi connectivity index (χ1n) is 5.63. The second-order valence-corrected chi connectivity index (χ2v) is 5.03. The van der Waals surface area contributed by atoms with Gasteiger partial charge in [-0.05, 0) is 0 Å². The summed E-state index contributed by atoms with van der Waals surface area (Å²) in [6.07, 6.45) is 4.05. The van der Waals surface area contributed by atoms with Crippen LogP contribution in [0.3, 0.4) is 0 Å². The van der Waals surface area contributed by atoms with Crippen molar-refractivity contribution in [2.45, 2.75) is 26.2 Å². The Bertz CT molecular complexity index is 336. The number of hydrogen-bond donors (Lipinski definition) is 0. The Labute approximate surface area is 99.8 Å². The van der Waals surface area contributed by atoms with E-state index in [1.165, 1.54) is 48.0 Å². The fourth-order valence-corrected chi connectivity index (χ4v) is 2.64. The minimum absolute atomic E-state index is 1.20. The van der Waals surface area contributed by atoms with E-state index < -0.39 is 0 Å². The van der Waals surface area contributed by atoms with Gasteiger partial charge in [-0.25, -0.2) is 0 Å². The molecule has 0 atom stereocenters. The summed E-state index contributed by atoms with van der Waals surface area (Å²) in [5.41, 5.74) is 2.65. The maximum atomic E-state index is 3.23. The predicted octanol–water partition coefficient (Wildman–Crippen LogP) is 2.13. The van der Waals surface area contributed by atoms with Crippen LogP contribution in [0.15, 0.2) is 24.3 Å². The molecule has 0 amide bonds. The van der Waals surface area contributed by atoms with Crippen molar-refractivity contribution in [3.8, 4) is 0 Å². The zero-order chi connectivity index (χ0) is 10.7. The van der Waals surface area contributed by atoms with Gasteiger partial charge in [0, 0.05) is 0 Å². The number of hydrogen-bond acceptors (Lipinski definition) is 1. The van der Waals surface area contributed by atoms with Gasteiger partial charge in [0.1, 0.15) is 0 Å². The van der Waals surface area contributed by atoms with E-state index in [2.05, 4.69) is 51.7 Å². The molecule has 0 radical (unpaired) electrons. The van der Waals surface area contributed by atoms with E-state index in [1.54, 1.807) is 0 Å². The Morgan fingerprint density at radius 2 is 1.67 bits per heavy atom. The van der Waals surface area contributed by atoms with Crippen LogP contribution >= 0.6 is 0 Å². The molecule has 1 fully saturated rings. The van der Waals surface area contributed by atoms with Crippen molar-refractivity contribution < 1.29 is 0 Å². The Hall–Kier alpha value is -0.591. The second-order valence-electron chi connectivity index (χ2n) is 4.22. The van der Waals surface area contributed by atoms with Crippen molar-refractivity contribution >= 4 is 20.1 Å². The van der Waals surface area contributed by atoms with E-state index in [0.717, 1.165) is 0 Å².